The third-order valence-electron chi connectivity index (χ3n) is 16.4. The van der Waals surface area contributed by atoms with Crippen LogP contribution in [0.4, 0.5) is 79.7 Å². The summed E-state index contributed by atoms with van der Waals surface area (Å²) in [5, 5.41) is 21.5. The molecule has 5 amide bonds. The van der Waals surface area contributed by atoms with Crippen molar-refractivity contribution in [1.82, 2.24) is 30.9 Å². The number of ketones is 3. The fraction of sp³-hybridized carbons (Fsp3) is 0.461. The van der Waals surface area contributed by atoms with Crippen molar-refractivity contribution < 1.29 is 115 Å². The topological polar surface area (TPSA) is 319 Å². The highest BCUT2D eigenvalue weighted by atomic mass is 35.5. The van der Waals surface area contributed by atoms with Crippen LogP contribution in [0.15, 0.2) is 73.2 Å². The number of nitrogens with one attached hydrogen (secondary N) is 5. The van der Waals surface area contributed by atoms with Crippen LogP contribution in [0.25, 0.3) is 0 Å². The lowest BCUT2D eigenvalue weighted by Crippen LogP contribution is -2.46. The summed E-state index contributed by atoms with van der Waals surface area (Å²) in [5.74, 6) is -27.3. The predicted molar refractivity (Wildman–Crippen MR) is 387 cm³/mol. The Balaban J connectivity index is 0.000000401. The number of nitrogen functional groups attached to an aromatic ring is 1. The Morgan fingerprint density at radius 1 is 0.450 bits per heavy atom. The molecule has 610 valence electrons. The van der Waals surface area contributed by atoms with Crippen LogP contribution in [0.2, 0.25) is 0 Å². The third kappa shape index (κ3) is 29.8. The van der Waals surface area contributed by atoms with Crippen molar-refractivity contribution in [2.75, 3.05) is 35.5 Å². The number of ether oxygens (including phenoxy) is 4. The van der Waals surface area contributed by atoms with E-state index in [0.29, 0.717) is 49.0 Å². The van der Waals surface area contributed by atoms with Crippen molar-refractivity contribution in [3.63, 3.8) is 0 Å². The number of pyridine rings is 3. The van der Waals surface area contributed by atoms with Gasteiger partial charge < -0.3 is 45.7 Å². The molecule has 3 aromatic heterocycles. The van der Waals surface area contributed by atoms with E-state index < -0.39 is 153 Å². The van der Waals surface area contributed by atoms with Gasteiger partial charge in [-0.3, -0.25) is 39.4 Å². The minimum atomic E-state index is -1.79. The first-order chi connectivity index (χ1) is 50.8. The number of benzene rings is 3. The van der Waals surface area contributed by atoms with Crippen LogP contribution in [0.1, 0.15) is 158 Å². The van der Waals surface area contributed by atoms with Gasteiger partial charge in [0.05, 0.1) is 24.0 Å². The molecule has 8 N–H and O–H groups in total. The number of halogens is 13. The summed E-state index contributed by atoms with van der Waals surface area (Å²) in [6.45, 7) is 8.57. The second kappa shape index (κ2) is 43.9. The van der Waals surface area contributed by atoms with Gasteiger partial charge >= 0.3 is 12.2 Å². The molecule has 111 heavy (non-hydrogen) atoms. The molecule has 3 saturated carbocycles. The van der Waals surface area contributed by atoms with E-state index in [1.807, 2.05) is 0 Å². The van der Waals surface area contributed by atoms with Crippen molar-refractivity contribution in [1.29, 1.82) is 0 Å². The molecule has 3 heterocycles. The molecule has 3 aromatic carbocycles. The Labute approximate surface area is 639 Å². The van der Waals surface area contributed by atoms with Gasteiger partial charge in [-0.25, -0.2) is 50.9 Å². The third-order valence-corrected chi connectivity index (χ3v) is 16.7. The van der Waals surface area contributed by atoms with E-state index >= 15 is 0 Å². The Bertz CT molecular complexity index is 4070. The number of hydrogen-bond donors (Lipinski definition) is 7. The van der Waals surface area contributed by atoms with Crippen LogP contribution in [0, 0.1) is 87.6 Å². The number of hydrogen-bond acceptors (Lipinski definition) is 17. The number of carbonyl (C=O) groups is 8. The number of aromatic hydroxyl groups is 1. The summed E-state index contributed by atoms with van der Waals surface area (Å²) in [7, 11) is 0. The molecular weight excluding hydrogens is 1510 g/mol. The van der Waals surface area contributed by atoms with Crippen molar-refractivity contribution in [2.45, 2.75) is 189 Å². The first-order valence-corrected chi connectivity index (χ1v) is 34.4. The van der Waals surface area contributed by atoms with Gasteiger partial charge in [-0.2, -0.15) is 26.3 Å². The molecular formula is C76H92ClF12N9O13. The summed E-state index contributed by atoms with van der Waals surface area (Å²) < 4.78 is 177. The number of alkyl halides is 1. The van der Waals surface area contributed by atoms with E-state index in [1.165, 1.54) is 24.5 Å². The van der Waals surface area contributed by atoms with E-state index in [1.54, 1.807) is 72.0 Å². The van der Waals surface area contributed by atoms with Gasteiger partial charge in [0.2, 0.25) is 52.6 Å². The van der Waals surface area contributed by atoms with Gasteiger partial charge in [0.25, 0.3) is 0 Å². The Morgan fingerprint density at radius 2 is 0.730 bits per heavy atom. The van der Waals surface area contributed by atoms with Crippen LogP contribution in [0.3, 0.4) is 0 Å². The van der Waals surface area contributed by atoms with Crippen LogP contribution >= 0.6 is 11.6 Å². The summed E-state index contributed by atoms with van der Waals surface area (Å²) in [6.07, 6.45) is 13.4. The largest absolute Gasteiger partial charge is 0.503 e. The highest BCUT2D eigenvalue weighted by Gasteiger charge is 2.34. The number of nitrogens with two attached hydrogens (primary N) is 1. The molecule has 3 atom stereocenters. The average molecular weight is 1600 g/mol. The second-order valence-corrected chi connectivity index (χ2v) is 27.5. The SMILES string of the molecule is C.C.C.CC(C)(C)OC(=O)Nc1ccc(CC(NC(=O)C2CCCC2)C(=O)CCl)cn1.CC(C)(C)OC(=O)Nc1ccc(CC(NC(=O)C2CCCC2)C(=O)COc2c(F)c(F)cc(F)c2F)cn1.Nc1ccc(CC(NC(=O)C2CCCC2)C(=O)COc2c(F)c(F)cc(F)c2F)cn1.Oc1c(F)c(F)cc(F)c1F. The molecule has 9 rings (SSSR count). The standard InChI is InChI=1S/C26H29F4N3O5.C21H21F4N3O3.C20H28ClN3O4.C6H2F4O.3CH4/c1-26(2,3)38-25(36)33-20-9-8-14(12-31-20)10-18(32-24(35)15-6-4-5-7-15)19(34)13-37-23-21(29)16(27)11-17(28)22(23)30;22-13-8-14(23)19(25)20(18(13)24)31-10-16(29)15(7-11-5-6-17(26)27-9-11)28-21(30)12-3-1-2-4-12;1-20(2,3)28-19(27)24-17-9-8-13(12-22-17)10-15(16(25)11-21)23-18(26)14-6-4-5-7-14;7-2-1-3(8)5(10)6(11)4(2)9;;;/h8-9,11-12,15,18H,4-7,10,13H2,1-3H3,(H,32,35)(H,31,33,36);5-6,8-9,12,15H,1-4,7,10H2,(H2,26,27)(H,28,30);8-9,12,14-15H,4-7,10-11H2,1-3H3,(H,23,26)(H,22,24,27);1,11H;3*1H4. The molecule has 35 heteroatoms. The van der Waals surface area contributed by atoms with E-state index in [0.717, 1.165) is 56.9 Å². The number of phenolic OH excluding ortho intramolecular Hbond substituents is 1. The predicted octanol–water partition coefficient (Wildman–Crippen LogP) is 15.2. The van der Waals surface area contributed by atoms with Gasteiger partial charge in [-0.15, -0.1) is 11.6 Å². The van der Waals surface area contributed by atoms with Crippen LogP contribution in [0.5, 0.6) is 17.2 Å². The normalized spacial score (nSPS) is 14.2. The molecule has 3 aliphatic carbocycles. The zero-order chi connectivity index (χ0) is 79.9. The van der Waals surface area contributed by atoms with Gasteiger partial charge in [-0.05, 0) is 115 Å². The Hall–Kier alpha value is -10.3. The maximum absolute atomic E-state index is 13.9. The first-order valence-electron chi connectivity index (χ1n) is 33.9. The lowest BCUT2D eigenvalue weighted by atomic mass is 10.0. The van der Waals surface area contributed by atoms with Crippen LogP contribution < -0.4 is 41.8 Å². The zero-order valence-corrected chi connectivity index (χ0v) is 60.1. The van der Waals surface area contributed by atoms with Crippen molar-refractivity contribution in [3.05, 3.63) is 160 Å². The Morgan fingerprint density at radius 3 is 0.991 bits per heavy atom. The number of Topliss-reactive ketones (excluding diaryl/α,β-unsaturated/α-hetero) is 3. The van der Waals surface area contributed by atoms with E-state index in [9.17, 15) is 91.0 Å². The minimum Gasteiger partial charge on any atom is -0.503 e. The molecule has 3 fully saturated rings. The maximum atomic E-state index is 13.9. The molecule has 0 spiro atoms. The van der Waals surface area contributed by atoms with Crippen LogP contribution in [-0.4, -0.2) is 116 Å². The zero-order valence-electron chi connectivity index (χ0n) is 59.3. The number of carbonyl (C=O) groups excluding carboxylic acids is 8. The maximum Gasteiger partial charge on any atom is 0.413 e. The van der Waals surface area contributed by atoms with Crippen LogP contribution in [-0.2, 0) is 57.5 Å². The van der Waals surface area contributed by atoms with E-state index in [2.05, 4.69) is 41.5 Å². The number of nitrogens with zero attached hydrogens (tertiary/aromatic N) is 3. The van der Waals surface area contributed by atoms with E-state index in [4.69, 9.17) is 41.4 Å². The molecule has 0 saturated heterocycles. The average Bonchev–Trinajstić information content (AvgIpc) is 1.16. The van der Waals surface area contributed by atoms with Gasteiger partial charge in [-0.1, -0.05) is 79.0 Å². The molecule has 3 aliphatic rings. The first kappa shape index (κ1) is 94.9. The molecule has 22 nitrogen and oxygen atoms in total. The number of aromatic nitrogens is 3. The highest BCUT2D eigenvalue weighted by molar-refractivity contribution is 6.28. The fourth-order valence-corrected chi connectivity index (χ4v) is 11.2. The highest BCUT2D eigenvalue weighted by Crippen LogP contribution is 2.32. The van der Waals surface area contributed by atoms with Crippen molar-refractivity contribution in [3.8, 4) is 17.2 Å². The van der Waals surface area contributed by atoms with Crippen molar-refractivity contribution >= 4 is 76.3 Å². The number of rotatable bonds is 24. The summed E-state index contributed by atoms with van der Waals surface area (Å²) in [5.41, 5.74) is 6.05. The van der Waals surface area contributed by atoms with Gasteiger partial charge in [0, 0.05) is 73.8 Å². The number of anilines is 3. The fourth-order valence-electron chi connectivity index (χ4n) is 11.0. The molecule has 0 aliphatic heterocycles. The smallest absolute Gasteiger partial charge is 0.413 e. The Kier molecular flexibility index (Phi) is 37.6. The quantitative estimate of drug-likeness (QED) is 0.0168. The summed E-state index contributed by atoms with van der Waals surface area (Å²) in [6, 6.07) is 6.66. The number of phenols is 1. The van der Waals surface area contributed by atoms with Crippen molar-refractivity contribution in [2.24, 2.45) is 17.8 Å². The molecule has 3 unspecified atom stereocenters. The molecule has 6 aromatic rings. The number of amides is 5. The second-order valence-electron chi connectivity index (χ2n) is 27.2. The van der Waals surface area contributed by atoms with E-state index in [-0.39, 0.29) is 112 Å². The van der Waals surface area contributed by atoms with Gasteiger partial charge in [0.1, 0.15) is 41.9 Å². The van der Waals surface area contributed by atoms with Gasteiger partial charge in [0.15, 0.2) is 69.5 Å². The lowest BCUT2D eigenvalue weighted by molar-refractivity contribution is -0.131. The summed E-state index contributed by atoms with van der Waals surface area (Å²) >= 11 is 5.71. The lowest BCUT2D eigenvalue weighted by Gasteiger charge is -2.21. The molecule has 0 radical (unpaired) electrons. The monoisotopic (exact) mass is 1600 g/mol. The minimum absolute atomic E-state index is 0. The molecule has 0 bridgehead atoms. The summed E-state index contributed by atoms with van der Waals surface area (Å²) in [4.78, 5) is 111.